The van der Waals surface area contributed by atoms with Crippen LogP contribution in [-0.4, -0.2) is 47.1 Å². The topological polar surface area (TPSA) is 6.48 Å². The standard InChI is InChI=1S/C14H28N2/c1-13(2,3)15-7-11(8-15)12-9-16(10-12)14(4,5)6/h11-12H,7-10H2,1-6H3. The Kier molecular flexibility index (Phi) is 2.87. The van der Waals surface area contributed by atoms with Gasteiger partial charge in [-0.15, -0.1) is 0 Å². The van der Waals surface area contributed by atoms with Gasteiger partial charge in [0.2, 0.25) is 0 Å². The maximum Gasteiger partial charge on any atom is 0.0125 e. The van der Waals surface area contributed by atoms with Gasteiger partial charge in [-0.05, 0) is 53.4 Å². The first-order valence-electron chi connectivity index (χ1n) is 6.68. The van der Waals surface area contributed by atoms with Crippen molar-refractivity contribution in [3.63, 3.8) is 0 Å². The van der Waals surface area contributed by atoms with Gasteiger partial charge in [0.15, 0.2) is 0 Å². The summed E-state index contributed by atoms with van der Waals surface area (Å²) in [5, 5.41) is 0. The third-order valence-corrected chi connectivity index (χ3v) is 4.38. The van der Waals surface area contributed by atoms with Crippen molar-refractivity contribution >= 4 is 0 Å². The SMILES string of the molecule is CC(C)(C)N1CC(C2CN(C(C)(C)C)C2)C1. The zero-order valence-corrected chi connectivity index (χ0v) is 11.9. The van der Waals surface area contributed by atoms with Gasteiger partial charge in [0.05, 0.1) is 0 Å². The first-order valence-corrected chi connectivity index (χ1v) is 6.68. The molecule has 0 spiro atoms. The molecule has 2 nitrogen and oxygen atoms in total. The monoisotopic (exact) mass is 224 g/mol. The molecule has 0 aromatic carbocycles. The van der Waals surface area contributed by atoms with Crippen LogP contribution < -0.4 is 0 Å². The van der Waals surface area contributed by atoms with Gasteiger partial charge in [0.25, 0.3) is 0 Å². The van der Waals surface area contributed by atoms with E-state index in [-0.39, 0.29) is 0 Å². The van der Waals surface area contributed by atoms with Gasteiger partial charge in [-0.25, -0.2) is 0 Å². The van der Waals surface area contributed by atoms with E-state index in [1.54, 1.807) is 0 Å². The minimum atomic E-state index is 0.379. The molecule has 2 aliphatic heterocycles. The molecule has 0 aromatic rings. The van der Waals surface area contributed by atoms with E-state index >= 15 is 0 Å². The van der Waals surface area contributed by atoms with Crippen molar-refractivity contribution in [3.8, 4) is 0 Å². The molecule has 0 bridgehead atoms. The van der Waals surface area contributed by atoms with E-state index in [4.69, 9.17) is 0 Å². The van der Waals surface area contributed by atoms with Gasteiger partial charge < -0.3 is 0 Å². The summed E-state index contributed by atoms with van der Waals surface area (Å²) >= 11 is 0. The van der Waals surface area contributed by atoms with E-state index in [1.165, 1.54) is 26.2 Å². The molecular weight excluding hydrogens is 196 g/mol. The molecule has 94 valence electrons. The van der Waals surface area contributed by atoms with Crippen molar-refractivity contribution in [2.45, 2.75) is 52.6 Å². The molecular formula is C14H28N2. The third-order valence-electron chi connectivity index (χ3n) is 4.38. The number of hydrogen-bond acceptors (Lipinski definition) is 2. The van der Waals surface area contributed by atoms with Crippen molar-refractivity contribution in [3.05, 3.63) is 0 Å². The van der Waals surface area contributed by atoms with Crippen LogP contribution in [0.4, 0.5) is 0 Å². The highest BCUT2D eigenvalue weighted by Gasteiger charge is 2.44. The molecule has 2 aliphatic rings. The van der Waals surface area contributed by atoms with Gasteiger partial charge >= 0.3 is 0 Å². The lowest BCUT2D eigenvalue weighted by Crippen LogP contribution is -2.65. The molecule has 0 aliphatic carbocycles. The number of rotatable bonds is 1. The van der Waals surface area contributed by atoms with Crippen LogP contribution in [0.25, 0.3) is 0 Å². The molecule has 2 saturated heterocycles. The summed E-state index contributed by atoms with van der Waals surface area (Å²) in [6, 6.07) is 0. The Morgan fingerprint density at radius 1 is 0.625 bits per heavy atom. The van der Waals surface area contributed by atoms with Gasteiger partial charge in [-0.2, -0.15) is 0 Å². The van der Waals surface area contributed by atoms with Crippen molar-refractivity contribution in [1.29, 1.82) is 0 Å². The van der Waals surface area contributed by atoms with Gasteiger partial charge in [-0.3, -0.25) is 9.80 Å². The summed E-state index contributed by atoms with van der Waals surface area (Å²) in [6.07, 6.45) is 0. The van der Waals surface area contributed by atoms with Crippen LogP contribution in [0, 0.1) is 11.8 Å². The normalized spacial score (nSPS) is 26.6. The van der Waals surface area contributed by atoms with Crippen LogP contribution in [0.5, 0.6) is 0 Å². The highest BCUT2D eigenvalue weighted by Crippen LogP contribution is 2.37. The van der Waals surface area contributed by atoms with Gasteiger partial charge in [-0.1, -0.05) is 0 Å². The Morgan fingerprint density at radius 3 is 1.06 bits per heavy atom. The summed E-state index contributed by atoms with van der Waals surface area (Å²) in [4.78, 5) is 5.22. The number of likely N-dealkylation sites (tertiary alicyclic amines) is 2. The lowest BCUT2D eigenvalue weighted by Gasteiger charge is -2.57. The molecule has 0 atom stereocenters. The highest BCUT2D eigenvalue weighted by atomic mass is 15.3. The average molecular weight is 224 g/mol. The molecule has 2 heterocycles. The minimum Gasteiger partial charge on any atom is -0.298 e. The largest absolute Gasteiger partial charge is 0.298 e. The van der Waals surface area contributed by atoms with Crippen molar-refractivity contribution in [1.82, 2.24) is 9.80 Å². The lowest BCUT2D eigenvalue weighted by molar-refractivity contribution is -0.0819. The second kappa shape index (κ2) is 3.71. The molecule has 2 heteroatoms. The lowest BCUT2D eigenvalue weighted by atomic mass is 9.77. The summed E-state index contributed by atoms with van der Waals surface area (Å²) in [5.74, 6) is 1.94. The molecule has 0 aromatic heterocycles. The zero-order chi connectivity index (χ0) is 12.1. The van der Waals surface area contributed by atoms with Crippen LogP contribution in [0.1, 0.15) is 41.5 Å². The Labute approximate surface area is 101 Å². The summed E-state index contributed by atoms with van der Waals surface area (Å²) in [7, 11) is 0. The predicted molar refractivity (Wildman–Crippen MR) is 69.6 cm³/mol. The molecule has 0 saturated carbocycles. The average Bonchev–Trinajstić information content (AvgIpc) is 1.83. The second-order valence-corrected chi connectivity index (χ2v) is 7.67. The Bertz CT molecular complexity index is 219. The van der Waals surface area contributed by atoms with Crippen molar-refractivity contribution in [2.24, 2.45) is 11.8 Å². The molecule has 2 fully saturated rings. The van der Waals surface area contributed by atoms with Crippen LogP contribution in [-0.2, 0) is 0 Å². The maximum atomic E-state index is 2.61. The first kappa shape index (κ1) is 12.4. The fourth-order valence-corrected chi connectivity index (χ4v) is 2.72. The van der Waals surface area contributed by atoms with Crippen LogP contribution in [0.3, 0.4) is 0 Å². The molecule has 0 unspecified atom stereocenters. The quantitative estimate of drug-likeness (QED) is 0.675. The van der Waals surface area contributed by atoms with Gasteiger partial charge in [0.1, 0.15) is 0 Å². The molecule has 0 N–H and O–H groups in total. The van der Waals surface area contributed by atoms with E-state index in [1.807, 2.05) is 0 Å². The Morgan fingerprint density at radius 2 is 0.875 bits per heavy atom. The third kappa shape index (κ3) is 2.28. The van der Waals surface area contributed by atoms with Crippen LogP contribution in [0.15, 0.2) is 0 Å². The molecule has 0 amide bonds. The summed E-state index contributed by atoms with van der Waals surface area (Å²) in [6.45, 7) is 19.3. The van der Waals surface area contributed by atoms with E-state index in [0.717, 1.165) is 11.8 Å². The Balaban J connectivity index is 1.72. The fourth-order valence-electron chi connectivity index (χ4n) is 2.72. The van der Waals surface area contributed by atoms with E-state index < -0.39 is 0 Å². The van der Waals surface area contributed by atoms with Crippen LogP contribution in [0.2, 0.25) is 0 Å². The van der Waals surface area contributed by atoms with Crippen molar-refractivity contribution in [2.75, 3.05) is 26.2 Å². The number of nitrogens with zero attached hydrogens (tertiary/aromatic N) is 2. The van der Waals surface area contributed by atoms with E-state index in [9.17, 15) is 0 Å². The molecule has 0 radical (unpaired) electrons. The number of hydrogen-bond donors (Lipinski definition) is 0. The maximum absolute atomic E-state index is 2.61. The predicted octanol–water partition coefficient (Wildman–Crippen LogP) is 2.45. The Hall–Kier alpha value is -0.0800. The first-order chi connectivity index (χ1) is 7.18. The van der Waals surface area contributed by atoms with Crippen molar-refractivity contribution < 1.29 is 0 Å². The van der Waals surface area contributed by atoms with E-state index in [0.29, 0.717) is 11.1 Å². The van der Waals surface area contributed by atoms with E-state index in [2.05, 4.69) is 51.3 Å². The highest BCUT2D eigenvalue weighted by molar-refractivity contribution is 4.98. The zero-order valence-electron chi connectivity index (χ0n) is 11.9. The summed E-state index contributed by atoms with van der Waals surface area (Å²) < 4.78 is 0. The fraction of sp³-hybridized carbons (Fsp3) is 1.00. The minimum absolute atomic E-state index is 0.379. The smallest absolute Gasteiger partial charge is 0.0125 e. The van der Waals surface area contributed by atoms with Gasteiger partial charge in [0, 0.05) is 37.3 Å². The summed E-state index contributed by atoms with van der Waals surface area (Å²) in [5.41, 5.74) is 0.758. The molecule has 16 heavy (non-hydrogen) atoms. The van der Waals surface area contributed by atoms with Crippen LogP contribution >= 0.6 is 0 Å². The molecule has 2 rings (SSSR count). The second-order valence-electron chi connectivity index (χ2n) is 7.67.